The van der Waals surface area contributed by atoms with Crippen LogP contribution in [-0.4, -0.2) is 30.7 Å². The predicted octanol–water partition coefficient (Wildman–Crippen LogP) is 6.57. The molecule has 158 valence electrons. The molecule has 0 aromatic heterocycles. The minimum atomic E-state index is 0.0892. The van der Waals surface area contributed by atoms with Gasteiger partial charge in [0, 0.05) is 26.1 Å². The molecule has 0 rings (SSSR count). The van der Waals surface area contributed by atoms with Gasteiger partial charge in [-0.15, -0.1) is 0 Å². The van der Waals surface area contributed by atoms with Gasteiger partial charge in [-0.3, -0.25) is 4.79 Å². The second-order valence-corrected chi connectivity index (χ2v) is 8.09. The fourth-order valence-electron chi connectivity index (χ4n) is 2.88. The van der Waals surface area contributed by atoms with E-state index < -0.39 is 0 Å². The normalized spacial score (nSPS) is 13.7. The van der Waals surface area contributed by atoms with Crippen molar-refractivity contribution < 1.29 is 9.59 Å². The molecule has 0 aromatic rings. The zero-order valence-electron chi connectivity index (χ0n) is 19.2. The summed E-state index contributed by atoms with van der Waals surface area (Å²) in [5.41, 5.74) is 5.02. The van der Waals surface area contributed by atoms with Gasteiger partial charge in [0.05, 0.1) is 0 Å². The molecule has 0 radical (unpaired) electrons. The highest BCUT2D eigenvalue weighted by Crippen LogP contribution is 2.14. The van der Waals surface area contributed by atoms with Gasteiger partial charge in [0.25, 0.3) is 0 Å². The molecule has 3 heteroatoms. The zero-order valence-corrected chi connectivity index (χ0v) is 19.2. The Balaban J connectivity index is 4.15. The van der Waals surface area contributed by atoms with Gasteiger partial charge in [-0.05, 0) is 79.6 Å². The summed E-state index contributed by atoms with van der Waals surface area (Å²) in [4.78, 5) is 24.4. The van der Waals surface area contributed by atoms with Gasteiger partial charge in [0.1, 0.15) is 5.78 Å². The Morgan fingerprint density at radius 2 is 0.964 bits per heavy atom. The summed E-state index contributed by atoms with van der Waals surface area (Å²) in [5.74, 6) is 0.350. The predicted molar refractivity (Wildman–Crippen MR) is 121 cm³/mol. The fraction of sp³-hybridized carbons (Fsp3) is 0.600. The zero-order chi connectivity index (χ0) is 21.5. The summed E-state index contributed by atoms with van der Waals surface area (Å²) in [6.07, 6.45) is 16.6. The summed E-state index contributed by atoms with van der Waals surface area (Å²) >= 11 is 0. The van der Waals surface area contributed by atoms with E-state index in [2.05, 4.69) is 39.0 Å². The minimum Gasteiger partial charge on any atom is -0.345 e. The molecule has 0 bridgehead atoms. The first-order valence-electron chi connectivity index (χ1n) is 10.5. The van der Waals surface area contributed by atoms with E-state index in [4.69, 9.17) is 0 Å². The van der Waals surface area contributed by atoms with Crippen molar-refractivity contribution in [3.63, 3.8) is 0 Å². The first-order valence-corrected chi connectivity index (χ1v) is 10.5. The van der Waals surface area contributed by atoms with E-state index in [0.717, 1.165) is 50.5 Å². The summed E-state index contributed by atoms with van der Waals surface area (Å²) in [7, 11) is 3.57. The lowest BCUT2D eigenvalue weighted by Crippen LogP contribution is -2.22. The molecule has 0 heterocycles. The monoisotopic (exact) mass is 387 g/mol. The second kappa shape index (κ2) is 15.1. The molecule has 0 N–H and O–H groups in total. The molecule has 0 saturated heterocycles. The summed E-state index contributed by atoms with van der Waals surface area (Å²) < 4.78 is 0. The number of likely N-dealkylation sites (N-methyl/N-ethyl adjacent to an activating group) is 1. The number of hydrogen-bond donors (Lipinski definition) is 0. The number of allylic oxidation sites excluding steroid dienone is 7. The number of Topliss-reactive ketones (excluding diaryl/α,β-unsaturated/α-hetero) is 1. The molecule has 0 aromatic carbocycles. The first-order chi connectivity index (χ1) is 13.1. The molecule has 0 atom stereocenters. The third-order valence-electron chi connectivity index (χ3n) is 4.78. The van der Waals surface area contributed by atoms with Crippen molar-refractivity contribution in [1.29, 1.82) is 0 Å². The van der Waals surface area contributed by atoms with Crippen LogP contribution in [-0.2, 0) is 9.59 Å². The van der Waals surface area contributed by atoms with Crippen LogP contribution in [0.15, 0.2) is 46.6 Å². The third kappa shape index (κ3) is 14.2. The van der Waals surface area contributed by atoms with Crippen LogP contribution in [0.1, 0.15) is 86.0 Å². The van der Waals surface area contributed by atoms with Crippen molar-refractivity contribution in [2.75, 3.05) is 14.1 Å². The number of rotatable bonds is 13. The van der Waals surface area contributed by atoms with Crippen molar-refractivity contribution >= 4 is 11.7 Å². The quantitative estimate of drug-likeness (QED) is 0.265. The van der Waals surface area contributed by atoms with Crippen LogP contribution in [0.4, 0.5) is 0 Å². The number of carbonyl (C=O) groups is 2. The Morgan fingerprint density at radius 1 is 0.607 bits per heavy atom. The maximum absolute atomic E-state index is 11.8. The number of carbonyl (C=O) groups excluding carboxylic acids is 2. The summed E-state index contributed by atoms with van der Waals surface area (Å²) in [6.45, 7) is 10.1. The molecule has 1 amide bonds. The summed E-state index contributed by atoms with van der Waals surface area (Å²) in [6, 6.07) is 0. The standard InChI is InChI=1S/C25H41NO2/c1-20(13-9-15-22(3)17-11-19-24(5)27)12-8-14-21(2)16-10-18-23(4)25(28)26(6)7/h13-14,17-18H,8-12,15-16,19H2,1-7H3. The fourth-order valence-corrected chi connectivity index (χ4v) is 2.88. The van der Waals surface area contributed by atoms with Crippen LogP contribution in [0.25, 0.3) is 0 Å². The Kier molecular flexibility index (Phi) is 14.0. The molecule has 0 fully saturated rings. The average Bonchev–Trinajstić information content (AvgIpc) is 2.60. The van der Waals surface area contributed by atoms with Gasteiger partial charge in [0.15, 0.2) is 0 Å². The second-order valence-electron chi connectivity index (χ2n) is 8.09. The van der Waals surface area contributed by atoms with E-state index in [9.17, 15) is 9.59 Å². The van der Waals surface area contributed by atoms with Crippen molar-refractivity contribution in [3.05, 3.63) is 46.6 Å². The van der Waals surface area contributed by atoms with Gasteiger partial charge < -0.3 is 9.69 Å². The SMILES string of the molecule is CC(=O)CCC=C(C)CCC=C(C)CCC=C(C)CCC=C(C)C(=O)N(C)C. The maximum atomic E-state index is 11.8. The van der Waals surface area contributed by atoms with Crippen molar-refractivity contribution in [2.45, 2.75) is 86.0 Å². The van der Waals surface area contributed by atoms with Gasteiger partial charge in [0.2, 0.25) is 5.91 Å². The largest absolute Gasteiger partial charge is 0.345 e. The highest BCUT2D eigenvalue weighted by molar-refractivity contribution is 5.92. The molecular formula is C25H41NO2. The topological polar surface area (TPSA) is 37.4 Å². The molecule has 3 nitrogen and oxygen atoms in total. The Morgan fingerprint density at radius 3 is 1.32 bits per heavy atom. The van der Waals surface area contributed by atoms with Crippen molar-refractivity contribution in [2.24, 2.45) is 0 Å². The smallest absolute Gasteiger partial charge is 0.248 e. The summed E-state index contributed by atoms with van der Waals surface area (Å²) in [5, 5.41) is 0. The van der Waals surface area contributed by atoms with Crippen LogP contribution in [0.3, 0.4) is 0 Å². The third-order valence-corrected chi connectivity index (χ3v) is 4.78. The maximum Gasteiger partial charge on any atom is 0.248 e. The van der Waals surface area contributed by atoms with Crippen LogP contribution < -0.4 is 0 Å². The minimum absolute atomic E-state index is 0.0892. The average molecular weight is 388 g/mol. The van der Waals surface area contributed by atoms with E-state index in [1.807, 2.05) is 13.0 Å². The Labute approximate surface area is 173 Å². The van der Waals surface area contributed by atoms with Gasteiger partial charge in [-0.25, -0.2) is 0 Å². The Hall–Kier alpha value is -1.90. The van der Waals surface area contributed by atoms with Crippen LogP contribution in [0.5, 0.6) is 0 Å². The van der Waals surface area contributed by atoms with Crippen LogP contribution in [0.2, 0.25) is 0 Å². The van der Waals surface area contributed by atoms with Gasteiger partial charge >= 0.3 is 0 Å². The van der Waals surface area contributed by atoms with Crippen LogP contribution in [0, 0.1) is 0 Å². The lowest BCUT2D eigenvalue weighted by atomic mass is 10.0. The number of ketones is 1. The van der Waals surface area contributed by atoms with Crippen molar-refractivity contribution in [1.82, 2.24) is 4.90 Å². The highest BCUT2D eigenvalue weighted by Gasteiger charge is 2.05. The molecular weight excluding hydrogens is 346 g/mol. The van der Waals surface area contributed by atoms with E-state index in [1.54, 1.807) is 25.9 Å². The number of nitrogens with zero attached hydrogens (tertiary/aromatic N) is 1. The van der Waals surface area contributed by atoms with Gasteiger partial charge in [-0.2, -0.15) is 0 Å². The lowest BCUT2D eigenvalue weighted by Gasteiger charge is -2.10. The molecule has 0 aliphatic rings. The number of amides is 1. The first kappa shape index (κ1) is 26.1. The van der Waals surface area contributed by atoms with E-state index in [1.165, 1.54) is 16.7 Å². The molecule has 0 spiro atoms. The highest BCUT2D eigenvalue weighted by atomic mass is 16.2. The van der Waals surface area contributed by atoms with E-state index in [-0.39, 0.29) is 11.7 Å². The molecule has 0 aliphatic carbocycles. The molecule has 0 unspecified atom stereocenters. The van der Waals surface area contributed by atoms with Crippen molar-refractivity contribution in [3.8, 4) is 0 Å². The lowest BCUT2D eigenvalue weighted by molar-refractivity contribution is -0.124. The van der Waals surface area contributed by atoms with E-state index >= 15 is 0 Å². The van der Waals surface area contributed by atoms with Gasteiger partial charge in [-0.1, -0.05) is 41.0 Å². The number of hydrogen-bond acceptors (Lipinski definition) is 2. The van der Waals surface area contributed by atoms with Crippen LogP contribution >= 0.6 is 0 Å². The van der Waals surface area contributed by atoms with E-state index in [0.29, 0.717) is 6.42 Å². The molecule has 28 heavy (non-hydrogen) atoms. The molecule has 0 aliphatic heterocycles. The Bertz CT molecular complexity index is 618. The molecule has 0 saturated carbocycles.